The highest BCUT2D eigenvalue weighted by Gasteiger charge is 2.55. The summed E-state index contributed by atoms with van der Waals surface area (Å²) in [7, 11) is 0. The van der Waals surface area contributed by atoms with Gasteiger partial charge in [-0.15, -0.1) is 0 Å². The van der Waals surface area contributed by atoms with Gasteiger partial charge < -0.3 is 4.74 Å². The average Bonchev–Trinajstić information content (AvgIpc) is 2.59. The van der Waals surface area contributed by atoms with Crippen molar-refractivity contribution >= 4 is 23.4 Å². The molecule has 5 saturated carbocycles. The summed E-state index contributed by atoms with van der Waals surface area (Å²) in [6.07, 6.45) is 9.61. The minimum atomic E-state index is -0.577. The standard InChI is InChI=1S/C23H27ClO3/c24-19-4-2-18(3-5-19)23(6-1-7-23)21(26)27-14-20(25)22-11-15-8-16(12-22)10-17(9-15)13-22/h2-5,15-17H,1,6-14H2. The minimum Gasteiger partial charge on any atom is -0.457 e. The van der Waals surface area contributed by atoms with Crippen molar-refractivity contribution in [2.75, 3.05) is 6.61 Å². The number of rotatable bonds is 5. The molecule has 0 aromatic heterocycles. The summed E-state index contributed by atoms with van der Waals surface area (Å²) in [5.41, 5.74) is 0.194. The molecule has 0 radical (unpaired) electrons. The molecule has 1 aromatic rings. The molecule has 0 spiro atoms. The second kappa shape index (κ2) is 6.34. The molecule has 5 fully saturated rings. The highest BCUT2D eigenvalue weighted by molar-refractivity contribution is 6.30. The zero-order valence-corrected chi connectivity index (χ0v) is 16.5. The van der Waals surface area contributed by atoms with Crippen molar-refractivity contribution in [2.24, 2.45) is 23.2 Å². The number of Topliss-reactive ketones (excluding diaryl/α,β-unsaturated/α-hetero) is 1. The van der Waals surface area contributed by atoms with E-state index in [0.717, 1.165) is 61.8 Å². The first-order valence-corrected chi connectivity index (χ1v) is 10.8. The summed E-state index contributed by atoms with van der Waals surface area (Å²) in [6.45, 7) is -0.0413. The van der Waals surface area contributed by atoms with E-state index >= 15 is 0 Å². The Bertz CT molecular complexity index is 727. The van der Waals surface area contributed by atoms with Gasteiger partial charge >= 0.3 is 5.97 Å². The summed E-state index contributed by atoms with van der Waals surface area (Å²) in [5, 5.41) is 0.665. The average molecular weight is 387 g/mol. The van der Waals surface area contributed by atoms with Gasteiger partial charge in [-0.3, -0.25) is 9.59 Å². The van der Waals surface area contributed by atoms with Gasteiger partial charge in [0.1, 0.15) is 0 Å². The molecule has 144 valence electrons. The second-order valence-corrected chi connectivity index (χ2v) is 10.1. The Morgan fingerprint density at radius 1 is 0.963 bits per heavy atom. The molecule has 5 aliphatic rings. The van der Waals surface area contributed by atoms with Gasteiger partial charge in [0.25, 0.3) is 0 Å². The molecule has 27 heavy (non-hydrogen) atoms. The van der Waals surface area contributed by atoms with Gasteiger partial charge in [0.05, 0.1) is 5.41 Å². The van der Waals surface area contributed by atoms with Crippen molar-refractivity contribution in [3.8, 4) is 0 Å². The lowest BCUT2D eigenvalue weighted by molar-refractivity contribution is -0.163. The van der Waals surface area contributed by atoms with Crippen LogP contribution >= 0.6 is 11.6 Å². The van der Waals surface area contributed by atoms with Crippen molar-refractivity contribution in [1.82, 2.24) is 0 Å². The van der Waals surface area contributed by atoms with Crippen molar-refractivity contribution in [2.45, 2.75) is 63.2 Å². The van der Waals surface area contributed by atoms with Crippen LogP contribution in [0.15, 0.2) is 24.3 Å². The van der Waals surface area contributed by atoms with Gasteiger partial charge in [0.15, 0.2) is 12.4 Å². The third-order valence-electron chi connectivity index (χ3n) is 7.96. The summed E-state index contributed by atoms with van der Waals surface area (Å²) >= 11 is 5.99. The summed E-state index contributed by atoms with van der Waals surface area (Å²) in [4.78, 5) is 26.1. The quantitative estimate of drug-likeness (QED) is 0.662. The van der Waals surface area contributed by atoms with Crippen molar-refractivity contribution < 1.29 is 14.3 Å². The van der Waals surface area contributed by atoms with Crippen LogP contribution in [0, 0.1) is 23.2 Å². The molecule has 4 bridgehead atoms. The van der Waals surface area contributed by atoms with Crippen LogP contribution in [0.4, 0.5) is 0 Å². The third-order valence-corrected chi connectivity index (χ3v) is 8.21. The molecular weight excluding hydrogens is 360 g/mol. The molecule has 3 nitrogen and oxygen atoms in total. The highest BCUT2D eigenvalue weighted by Crippen LogP contribution is 2.60. The van der Waals surface area contributed by atoms with E-state index < -0.39 is 5.41 Å². The molecule has 0 aliphatic heterocycles. The number of carbonyl (C=O) groups is 2. The van der Waals surface area contributed by atoms with E-state index in [1.54, 1.807) is 0 Å². The summed E-state index contributed by atoms with van der Waals surface area (Å²) < 4.78 is 5.66. The second-order valence-electron chi connectivity index (χ2n) is 9.64. The van der Waals surface area contributed by atoms with E-state index in [-0.39, 0.29) is 23.8 Å². The van der Waals surface area contributed by atoms with E-state index in [0.29, 0.717) is 5.02 Å². The van der Waals surface area contributed by atoms with E-state index in [9.17, 15) is 9.59 Å². The third kappa shape index (κ3) is 2.85. The topological polar surface area (TPSA) is 43.4 Å². The Morgan fingerprint density at radius 3 is 2.00 bits per heavy atom. The van der Waals surface area contributed by atoms with Crippen LogP contribution in [0.1, 0.15) is 63.4 Å². The number of ketones is 1. The maximum absolute atomic E-state index is 13.1. The number of carbonyl (C=O) groups excluding carboxylic acids is 2. The van der Waals surface area contributed by atoms with Gasteiger partial charge in [0.2, 0.25) is 0 Å². The number of halogens is 1. The first-order chi connectivity index (χ1) is 13.0. The summed E-state index contributed by atoms with van der Waals surface area (Å²) in [6, 6.07) is 7.49. The van der Waals surface area contributed by atoms with E-state index in [1.807, 2.05) is 24.3 Å². The fraction of sp³-hybridized carbons (Fsp3) is 0.652. The van der Waals surface area contributed by atoms with Crippen LogP contribution in [-0.2, 0) is 19.7 Å². The molecule has 0 heterocycles. The molecule has 0 N–H and O–H groups in total. The van der Waals surface area contributed by atoms with Crippen LogP contribution in [0.2, 0.25) is 5.02 Å². The predicted octanol–water partition coefficient (Wildman–Crippen LogP) is 5.09. The number of hydrogen-bond acceptors (Lipinski definition) is 3. The first-order valence-electron chi connectivity index (χ1n) is 10.5. The van der Waals surface area contributed by atoms with E-state index in [2.05, 4.69) is 0 Å². The molecule has 0 amide bonds. The maximum Gasteiger partial charge on any atom is 0.316 e. The molecule has 5 aliphatic carbocycles. The molecular formula is C23H27ClO3. The number of benzene rings is 1. The van der Waals surface area contributed by atoms with Gasteiger partial charge in [-0.05, 0) is 86.8 Å². The lowest BCUT2D eigenvalue weighted by Crippen LogP contribution is -2.51. The Kier molecular flexibility index (Phi) is 4.16. The monoisotopic (exact) mass is 386 g/mol. The fourth-order valence-corrected chi connectivity index (χ4v) is 6.91. The van der Waals surface area contributed by atoms with Crippen LogP contribution in [0.3, 0.4) is 0 Å². The zero-order valence-electron chi connectivity index (χ0n) is 15.7. The fourth-order valence-electron chi connectivity index (χ4n) is 6.78. The van der Waals surface area contributed by atoms with Crippen LogP contribution in [0.5, 0.6) is 0 Å². The highest BCUT2D eigenvalue weighted by atomic mass is 35.5. The van der Waals surface area contributed by atoms with Crippen LogP contribution < -0.4 is 0 Å². The minimum absolute atomic E-state index is 0.0413. The Balaban J connectivity index is 1.27. The first kappa shape index (κ1) is 17.7. The van der Waals surface area contributed by atoms with Crippen LogP contribution in [-0.4, -0.2) is 18.4 Å². The molecule has 1 aromatic carbocycles. The van der Waals surface area contributed by atoms with Gasteiger partial charge in [-0.2, -0.15) is 0 Å². The number of hydrogen-bond donors (Lipinski definition) is 0. The summed E-state index contributed by atoms with van der Waals surface area (Å²) in [5.74, 6) is 2.13. The lowest BCUT2D eigenvalue weighted by Gasteiger charge is -2.55. The number of ether oxygens (including phenoxy) is 1. The normalized spacial score (nSPS) is 35.5. The Labute approximate surface area is 165 Å². The molecule has 6 rings (SSSR count). The van der Waals surface area contributed by atoms with Crippen molar-refractivity contribution in [1.29, 1.82) is 0 Å². The maximum atomic E-state index is 13.1. The molecule has 0 saturated heterocycles. The van der Waals surface area contributed by atoms with Gasteiger partial charge in [-0.1, -0.05) is 30.2 Å². The van der Waals surface area contributed by atoms with E-state index in [4.69, 9.17) is 16.3 Å². The van der Waals surface area contributed by atoms with Crippen molar-refractivity contribution in [3.63, 3.8) is 0 Å². The Hall–Kier alpha value is -1.35. The van der Waals surface area contributed by atoms with Crippen molar-refractivity contribution in [3.05, 3.63) is 34.9 Å². The van der Waals surface area contributed by atoms with Gasteiger partial charge in [-0.25, -0.2) is 0 Å². The largest absolute Gasteiger partial charge is 0.457 e. The smallest absolute Gasteiger partial charge is 0.316 e. The SMILES string of the molecule is O=C(COC(=O)C1(c2ccc(Cl)cc2)CCC1)C12CC3CC(CC(C3)C1)C2. The molecule has 4 heteroatoms. The van der Waals surface area contributed by atoms with Crippen LogP contribution in [0.25, 0.3) is 0 Å². The predicted molar refractivity (Wildman–Crippen MR) is 104 cm³/mol. The number of esters is 1. The Morgan fingerprint density at radius 2 is 1.52 bits per heavy atom. The van der Waals surface area contributed by atoms with E-state index in [1.165, 1.54) is 19.3 Å². The molecule has 0 unspecified atom stereocenters. The lowest BCUT2D eigenvalue weighted by atomic mass is 9.48. The molecule has 0 atom stereocenters. The zero-order chi connectivity index (χ0) is 18.6. The van der Waals surface area contributed by atoms with Gasteiger partial charge in [0, 0.05) is 10.4 Å².